The lowest BCUT2D eigenvalue weighted by molar-refractivity contribution is 0.0664. The van der Waals surface area contributed by atoms with Crippen molar-refractivity contribution in [3.63, 3.8) is 0 Å². The van der Waals surface area contributed by atoms with Crippen LogP contribution < -0.4 is 0 Å². The number of carbonyl (C=O) groups is 1. The van der Waals surface area contributed by atoms with Gasteiger partial charge in [-0.25, -0.2) is 0 Å². The maximum atomic E-state index is 12.5. The number of carbonyl (C=O) groups excluding carboxylic acids is 1. The number of piperazine rings is 1. The Labute approximate surface area is 137 Å². The van der Waals surface area contributed by atoms with E-state index in [-0.39, 0.29) is 5.91 Å². The van der Waals surface area contributed by atoms with Gasteiger partial charge in [0.15, 0.2) is 0 Å². The largest absolute Gasteiger partial charge is 0.336 e. The van der Waals surface area contributed by atoms with Gasteiger partial charge >= 0.3 is 0 Å². The van der Waals surface area contributed by atoms with Crippen molar-refractivity contribution in [2.24, 2.45) is 0 Å². The molecule has 0 bridgehead atoms. The highest BCUT2D eigenvalue weighted by Crippen LogP contribution is 2.12. The Morgan fingerprint density at radius 2 is 1.74 bits per heavy atom. The number of amides is 1. The molecular weight excluding hydrogens is 288 g/mol. The molecule has 1 aromatic carbocycles. The third kappa shape index (κ3) is 3.62. The van der Waals surface area contributed by atoms with Crippen LogP contribution >= 0.6 is 0 Å². The summed E-state index contributed by atoms with van der Waals surface area (Å²) in [6.45, 7) is 8.31. The van der Waals surface area contributed by atoms with Gasteiger partial charge in [0.25, 0.3) is 5.91 Å². The van der Waals surface area contributed by atoms with E-state index in [9.17, 15) is 4.79 Å². The van der Waals surface area contributed by atoms with Crippen LogP contribution in [-0.2, 0) is 6.54 Å². The molecule has 1 aromatic heterocycles. The molecule has 0 N–H and O–H groups in total. The molecule has 122 valence electrons. The van der Waals surface area contributed by atoms with Gasteiger partial charge in [-0.3, -0.25) is 9.48 Å². The first-order chi connectivity index (χ1) is 11.0. The van der Waals surface area contributed by atoms with Crippen molar-refractivity contribution in [2.75, 3.05) is 33.2 Å². The van der Waals surface area contributed by atoms with E-state index < -0.39 is 0 Å². The summed E-state index contributed by atoms with van der Waals surface area (Å²) in [5.74, 6) is 0.135. The molecule has 3 rings (SSSR count). The third-order valence-corrected chi connectivity index (χ3v) is 4.43. The highest BCUT2D eigenvalue weighted by Gasteiger charge is 2.20. The Morgan fingerprint density at radius 3 is 2.30 bits per heavy atom. The molecular formula is C18H24N4O. The van der Waals surface area contributed by atoms with E-state index in [0.29, 0.717) is 0 Å². The zero-order chi connectivity index (χ0) is 16.4. The number of likely N-dealkylation sites (N-methyl/N-ethyl adjacent to an activating group) is 1. The Hall–Kier alpha value is -2.14. The molecule has 0 spiro atoms. The van der Waals surface area contributed by atoms with Crippen LogP contribution in [0.1, 0.15) is 27.3 Å². The summed E-state index contributed by atoms with van der Waals surface area (Å²) >= 11 is 0. The highest BCUT2D eigenvalue weighted by atomic mass is 16.2. The first-order valence-corrected chi connectivity index (χ1v) is 8.11. The summed E-state index contributed by atoms with van der Waals surface area (Å²) in [4.78, 5) is 16.7. The van der Waals surface area contributed by atoms with E-state index in [0.717, 1.165) is 55.2 Å². The average Bonchev–Trinajstić information content (AvgIpc) is 2.86. The predicted molar refractivity (Wildman–Crippen MR) is 90.6 cm³/mol. The van der Waals surface area contributed by atoms with Crippen molar-refractivity contribution in [2.45, 2.75) is 20.4 Å². The smallest absolute Gasteiger partial charge is 0.253 e. The van der Waals surface area contributed by atoms with Gasteiger partial charge in [0.2, 0.25) is 0 Å². The van der Waals surface area contributed by atoms with Crippen molar-refractivity contribution in [3.05, 3.63) is 52.8 Å². The first-order valence-electron chi connectivity index (χ1n) is 8.11. The Morgan fingerprint density at radius 1 is 1.09 bits per heavy atom. The maximum Gasteiger partial charge on any atom is 0.253 e. The lowest BCUT2D eigenvalue weighted by atomic mass is 10.1. The number of aryl methyl sites for hydroxylation is 2. The van der Waals surface area contributed by atoms with E-state index in [1.807, 2.05) is 40.8 Å². The highest BCUT2D eigenvalue weighted by molar-refractivity contribution is 5.94. The summed E-state index contributed by atoms with van der Waals surface area (Å²) in [6.07, 6.45) is 0. The quantitative estimate of drug-likeness (QED) is 0.870. The normalized spacial score (nSPS) is 15.9. The van der Waals surface area contributed by atoms with Gasteiger partial charge < -0.3 is 9.80 Å². The molecule has 2 heterocycles. The average molecular weight is 312 g/mol. The second-order valence-electron chi connectivity index (χ2n) is 6.38. The van der Waals surface area contributed by atoms with Crippen LogP contribution in [-0.4, -0.2) is 58.7 Å². The Kier molecular flexibility index (Phi) is 4.48. The van der Waals surface area contributed by atoms with Gasteiger partial charge in [-0.2, -0.15) is 5.10 Å². The predicted octanol–water partition coefficient (Wildman–Crippen LogP) is 1.94. The van der Waals surface area contributed by atoms with Gasteiger partial charge in [-0.15, -0.1) is 0 Å². The molecule has 0 radical (unpaired) electrons. The molecule has 0 aliphatic carbocycles. The van der Waals surface area contributed by atoms with Crippen LogP contribution in [0.15, 0.2) is 30.3 Å². The SMILES string of the molecule is Cc1cc(C)n(Cc2ccc(C(=O)N3CCN(C)CC3)cc2)n1. The van der Waals surface area contributed by atoms with Crippen molar-refractivity contribution >= 4 is 5.91 Å². The summed E-state index contributed by atoms with van der Waals surface area (Å²) < 4.78 is 1.99. The zero-order valence-corrected chi connectivity index (χ0v) is 14.1. The topological polar surface area (TPSA) is 41.4 Å². The fraction of sp³-hybridized carbons (Fsp3) is 0.444. The minimum absolute atomic E-state index is 0.135. The molecule has 5 heteroatoms. The number of hydrogen-bond donors (Lipinski definition) is 0. The third-order valence-electron chi connectivity index (χ3n) is 4.43. The van der Waals surface area contributed by atoms with Gasteiger partial charge in [-0.1, -0.05) is 12.1 Å². The molecule has 1 saturated heterocycles. The summed E-state index contributed by atoms with van der Waals surface area (Å²) in [5.41, 5.74) is 4.11. The Bertz CT molecular complexity index is 682. The van der Waals surface area contributed by atoms with E-state index in [1.54, 1.807) is 0 Å². The lowest BCUT2D eigenvalue weighted by Gasteiger charge is -2.32. The van der Waals surface area contributed by atoms with Gasteiger partial charge in [0.05, 0.1) is 12.2 Å². The van der Waals surface area contributed by atoms with Crippen molar-refractivity contribution in [1.82, 2.24) is 19.6 Å². The van der Waals surface area contributed by atoms with Crippen LogP contribution in [0.2, 0.25) is 0 Å². The van der Waals surface area contributed by atoms with E-state index in [1.165, 1.54) is 0 Å². The van der Waals surface area contributed by atoms with Crippen molar-refractivity contribution < 1.29 is 4.79 Å². The van der Waals surface area contributed by atoms with Crippen LogP contribution in [0.3, 0.4) is 0 Å². The zero-order valence-electron chi connectivity index (χ0n) is 14.1. The minimum Gasteiger partial charge on any atom is -0.336 e. The van der Waals surface area contributed by atoms with Gasteiger partial charge in [-0.05, 0) is 44.7 Å². The molecule has 0 saturated carbocycles. The molecule has 1 amide bonds. The number of benzene rings is 1. The van der Waals surface area contributed by atoms with Crippen LogP contribution in [0.5, 0.6) is 0 Å². The van der Waals surface area contributed by atoms with E-state index in [4.69, 9.17) is 0 Å². The van der Waals surface area contributed by atoms with Gasteiger partial charge in [0, 0.05) is 37.4 Å². The lowest BCUT2D eigenvalue weighted by Crippen LogP contribution is -2.47. The minimum atomic E-state index is 0.135. The number of hydrogen-bond acceptors (Lipinski definition) is 3. The fourth-order valence-corrected chi connectivity index (χ4v) is 2.95. The maximum absolute atomic E-state index is 12.5. The number of nitrogens with zero attached hydrogens (tertiary/aromatic N) is 4. The molecule has 23 heavy (non-hydrogen) atoms. The van der Waals surface area contributed by atoms with Crippen molar-refractivity contribution in [3.8, 4) is 0 Å². The summed E-state index contributed by atoms with van der Waals surface area (Å²) in [5, 5.41) is 4.48. The standard InChI is InChI=1S/C18H24N4O/c1-14-12-15(2)22(19-14)13-16-4-6-17(7-5-16)18(23)21-10-8-20(3)9-11-21/h4-7,12H,8-11,13H2,1-3H3. The fourth-order valence-electron chi connectivity index (χ4n) is 2.95. The second-order valence-corrected chi connectivity index (χ2v) is 6.38. The Balaban J connectivity index is 1.67. The molecule has 5 nitrogen and oxygen atoms in total. The molecule has 1 fully saturated rings. The molecule has 1 aliphatic rings. The summed E-state index contributed by atoms with van der Waals surface area (Å²) in [7, 11) is 2.09. The van der Waals surface area contributed by atoms with E-state index >= 15 is 0 Å². The number of aromatic nitrogens is 2. The molecule has 1 aliphatic heterocycles. The number of rotatable bonds is 3. The van der Waals surface area contributed by atoms with Crippen LogP contribution in [0.25, 0.3) is 0 Å². The van der Waals surface area contributed by atoms with Crippen molar-refractivity contribution in [1.29, 1.82) is 0 Å². The molecule has 2 aromatic rings. The molecule has 0 atom stereocenters. The van der Waals surface area contributed by atoms with Gasteiger partial charge in [0.1, 0.15) is 0 Å². The van der Waals surface area contributed by atoms with Crippen LogP contribution in [0, 0.1) is 13.8 Å². The molecule has 0 unspecified atom stereocenters. The second kappa shape index (κ2) is 6.54. The summed E-state index contributed by atoms with van der Waals surface area (Å²) in [6, 6.07) is 9.99. The monoisotopic (exact) mass is 312 g/mol. The first kappa shape index (κ1) is 15.7. The van der Waals surface area contributed by atoms with Crippen LogP contribution in [0.4, 0.5) is 0 Å². The van der Waals surface area contributed by atoms with E-state index in [2.05, 4.69) is 30.0 Å².